The lowest BCUT2D eigenvalue weighted by Crippen LogP contribution is -2.72. The lowest BCUT2D eigenvalue weighted by atomic mass is 9.46. The monoisotopic (exact) mass is 503 g/mol. The van der Waals surface area contributed by atoms with E-state index in [1.807, 2.05) is 12.1 Å². The van der Waals surface area contributed by atoms with Gasteiger partial charge < -0.3 is 29.6 Å². The van der Waals surface area contributed by atoms with E-state index in [1.165, 1.54) is 19.3 Å². The first-order valence-corrected chi connectivity index (χ1v) is 9.59. The highest BCUT2D eigenvalue weighted by Crippen LogP contribution is 2.62. The first-order chi connectivity index (χ1) is 13.2. The number of ether oxygens (including phenoxy) is 4. The van der Waals surface area contributed by atoms with E-state index in [0.29, 0.717) is 40.7 Å². The van der Waals surface area contributed by atoms with Gasteiger partial charge in [-0.1, -0.05) is 6.42 Å². The van der Waals surface area contributed by atoms with E-state index < -0.39 is 0 Å². The van der Waals surface area contributed by atoms with Gasteiger partial charge in [0.25, 0.3) is 0 Å². The zero-order valence-corrected chi connectivity index (χ0v) is 19.2. The van der Waals surface area contributed by atoms with Crippen molar-refractivity contribution in [3.8, 4) is 17.2 Å². The smallest absolute Gasteiger partial charge is 0.203 e. The molecule has 0 radical (unpaired) electrons. The molecule has 2 N–H and O–H groups in total. The molecule has 8 heteroatoms. The first kappa shape index (κ1) is 21.3. The lowest BCUT2D eigenvalue weighted by molar-refractivity contribution is -0.171. The van der Waals surface area contributed by atoms with Crippen LogP contribution in [0.25, 0.3) is 0 Å². The van der Waals surface area contributed by atoms with Gasteiger partial charge in [-0.2, -0.15) is 0 Å². The molecular formula is C20H30IN3O4. The first-order valence-electron chi connectivity index (χ1n) is 9.59. The van der Waals surface area contributed by atoms with Gasteiger partial charge in [0.05, 0.1) is 27.4 Å². The summed E-state index contributed by atoms with van der Waals surface area (Å²) in [5, 5.41) is 7.04. The second kappa shape index (κ2) is 8.52. The van der Waals surface area contributed by atoms with Crippen LogP contribution in [0.5, 0.6) is 17.2 Å². The maximum absolute atomic E-state index is 6.01. The number of hydrogen-bond donors (Lipinski definition) is 2. The quantitative estimate of drug-likeness (QED) is 0.365. The molecule has 3 unspecified atom stereocenters. The van der Waals surface area contributed by atoms with Crippen LogP contribution in [0, 0.1) is 11.3 Å². The van der Waals surface area contributed by atoms with Crippen molar-refractivity contribution in [2.24, 2.45) is 16.3 Å². The summed E-state index contributed by atoms with van der Waals surface area (Å²) in [6, 6.07) is 4.19. The molecule has 3 fully saturated rings. The summed E-state index contributed by atoms with van der Waals surface area (Å²) in [5.41, 5.74) is 1.13. The summed E-state index contributed by atoms with van der Waals surface area (Å²) in [5.74, 6) is 3.14. The second-order valence-corrected chi connectivity index (χ2v) is 7.56. The summed E-state index contributed by atoms with van der Waals surface area (Å²) in [6.07, 6.45) is 5.35. The van der Waals surface area contributed by atoms with Gasteiger partial charge in [0, 0.05) is 48.8 Å². The van der Waals surface area contributed by atoms with Crippen LogP contribution in [-0.4, -0.2) is 53.1 Å². The van der Waals surface area contributed by atoms with E-state index in [9.17, 15) is 0 Å². The fourth-order valence-electron chi connectivity index (χ4n) is 5.05. The summed E-state index contributed by atoms with van der Waals surface area (Å²) >= 11 is 0. The molecule has 1 aromatic rings. The number of anilines is 1. The Morgan fingerprint density at radius 1 is 1.14 bits per heavy atom. The normalized spacial score (nSPS) is 27.0. The predicted octanol–water partition coefficient (Wildman–Crippen LogP) is 3.28. The molecule has 1 heterocycles. The highest BCUT2D eigenvalue weighted by Gasteiger charge is 2.66. The van der Waals surface area contributed by atoms with Gasteiger partial charge in [-0.3, -0.25) is 4.99 Å². The van der Waals surface area contributed by atoms with E-state index in [0.717, 1.165) is 24.7 Å². The molecule has 2 saturated carbocycles. The molecule has 1 saturated heterocycles. The van der Waals surface area contributed by atoms with E-state index in [1.54, 1.807) is 28.4 Å². The van der Waals surface area contributed by atoms with Crippen molar-refractivity contribution in [2.75, 3.05) is 40.3 Å². The topological polar surface area (TPSA) is 73.3 Å². The maximum atomic E-state index is 6.01. The largest absolute Gasteiger partial charge is 0.493 e. The minimum absolute atomic E-state index is 0. The molecule has 0 aromatic heterocycles. The van der Waals surface area contributed by atoms with Crippen molar-refractivity contribution in [3.05, 3.63) is 12.1 Å². The Kier molecular flexibility index (Phi) is 6.48. The molecule has 1 spiro atoms. The van der Waals surface area contributed by atoms with E-state index >= 15 is 0 Å². The van der Waals surface area contributed by atoms with Crippen LogP contribution in [0.3, 0.4) is 0 Å². The summed E-state index contributed by atoms with van der Waals surface area (Å²) in [4.78, 5) is 4.44. The fourth-order valence-corrected chi connectivity index (χ4v) is 5.05. The van der Waals surface area contributed by atoms with Gasteiger partial charge in [0.2, 0.25) is 5.75 Å². The van der Waals surface area contributed by atoms with Crippen LogP contribution in [0.4, 0.5) is 5.69 Å². The number of nitrogens with one attached hydrogen (secondary N) is 2. The van der Waals surface area contributed by atoms with Gasteiger partial charge in [-0.05, 0) is 19.3 Å². The SMILES string of the molecule is CN=C(Nc1cc(OC)c(OC)c(OC)c1)NC1C2CCOC2C12CCC2.I. The molecule has 156 valence electrons. The lowest BCUT2D eigenvalue weighted by Gasteiger charge is -2.63. The Bertz CT molecular complexity index is 713. The molecule has 3 aliphatic rings. The molecule has 3 atom stereocenters. The maximum Gasteiger partial charge on any atom is 0.203 e. The summed E-state index contributed by atoms with van der Waals surface area (Å²) in [6.45, 7) is 0.883. The van der Waals surface area contributed by atoms with E-state index in [2.05, 4.69) is 15.6 Å². The minimum Gasteiger partial charge on any atom is -0.493 e. The van der Waals surface area contributed by atoms with Crippen molar-refractivity contribution in [2.45, 2.75) is 37.8 Å². The molecule has 0 amide bonds. The molecule has 1 aliphatic heterocycles. The molecule has 2 aliphatic carbocycles. The second-order valence-electron chi connectivity index (χ2n) is 7.56. The van der Waals surface area contributed by atoms with Crippen LogP contribution < -0.4 is 24.8 Å². The average molecular weight is 503 g/mol. The third-order valence-corrected chi connectivity index (χ3v) is 6.48. The zero-order valence-electron chi connectivity index (χ0n) is 16.9. The van der Waals surface area contributed by atoms with E-state index in [-0.39, 0.29) is 24.0 Å². The molecule has 0 bridgehead atoms. The third kappa shape index (κ3) is 3.28. The van der Waals surface area contributed by atoms with Crippen molar-refractivity contribution < 1.29 is 18.9 Å². The number of rotatable bonds is 5. The Hall–Kier alpha value is -1.42. The van der Waals surface area contributed by atoms with Crippen molar-refractivity contribution in [3.63, 3.8) is 0 Å². The fraction of sp³-hybridized carbons (Fsp3) is 0.650. The average Bonchev–Trinajstić information content (AvgIpc) is 3.07. The third-order valence-electron chi connectivity index (χ3n) is 6.48. The van der Waals surface area contributed by atoms with Crippen molar-refractivity contribution in [1.82, 2.24) is 5.32 Å². The van der Waals surface area contributed by atoms with Crippen LogP contribution in [0.1, 0.15) is 25.7 Å². The van der Waals surface area contributed by atoms with Crippen LogP contribution in [0.15, 0.2) is 17.1 Å². The van der Waals surface area contributed by atoms with Crippen LogP contribution >= 0.6 is 24.0 Å². The Balaban J connectivity index is 0.00000225. The number of halogens is 1. The van der Waals surface area contributed by atoms with Gasteiger partial charge in [-0.25, -0.2) is 0 Å². The molecule has 1 aromatic carbocycles. The van der Waals surface area contributed by atoms with Crippen LogP contribution in [0.2, 0.25) is 0 Å². The van der Waals surface area contributed by atoms with E-state index in [4.69, 9.17) is 18.9 Å². The number of fused-ring (bicyclic) bond motifs is 2. The van der Waals surface area contributed by atoms with Crippen molar-refractivity contribution >= 4 is 35.6 Å². The summed E-state index contributed by atoms with van der Waals surface area (Å²) < 4.78 is 22.3. The number of nitrogens with zero attached hydrogens (tertiary/aromatic N) is 1. The molecule has 28 heavy (non-hydrogen) atoms. The Labute approximate surface area is 183 Å². The van der Waals surface area contributed by atoms with Gasteiger partial charge in [-0.15, -0.1) is 24.0 Å². The van der Waals surface area contributed by atoms with Gasteiger partial charge >= 0.3 is 0 Å². The number of hydrogen-bond acceptors (Lipinski definition) is 5. The number of methoxy groups -OCH3 is 3. The van der Waals surface area contributed by atoms with Crippen LogP contribution in [-0.2, 0) is 4.74 Å². The minimum atomic E-state index is 0. The molecular weight excluding hydrogens is 473 g/mol. The highest BCUT2D eigenvalue weighted by molar-refractivity contribution is 14.0. The Morgan fingerprint density at radius 2 is 1.82 bits per heavy atom. The molecule has 7 nitrogen and oxygen atoms in total. The van der Waals surface area contributed by atoms with Crippen molar-refractivity contribution in [1.29, 1.82) is 0 Å². The predicted molar refractivity (Wildman–Crippen MR) is 120 cm³/mol. The zero-order chi connectivity index (χ0) is 19.0. The standard InChI is InChI=1S/C20H29N3O4.HI/c1-21-19(22-12-10-14(24-2)16(26-4)15(11-12)25-3)23-17-13-6-9-27-18(13)20(17)7-5-8-20;/h10-11,13,17-18H,5-9H2,1-4H3,(H2,21,22,23);1H. The summed E-state index contributed by atoms with van der Waals surface area (Å²) in [7, 11) is 6.62. The highest BCUT2D eigenvalue weighted by atomic mass is 127. The van der Waals surface area contributed by atoms with Gasteiger partial charge in [0.1, 0.15) is 0 Å². The Morgan fingerprint density at radius 3 is 2.32 bits per heavy atom. The molecule has 4 rings (SSSR count). The number of benzene rings is 1. The van der Waals surface area contributed by atoms with Gasteiger partial charge in [0.15, 0.2) is 17.5 Å². The number of guanidine groups is 1. The number of aliphatic imine (C=N–C) groups is 1.